The molecule has 0 bridgehead atoms. The van der Waals surface area contributed by atoms with E-state index in [1.165, 1.54) is 32.1 Å². The van der Waals surface area contributed by atoms with Gasteiger partial charge in [0.15, 0.2) is 5.79 Å². The molecular formula is C23H35N3O3. The molecule has 4 aliphatic carbocycles. The predicted octanol–water partition coefficient (Wildman–Crippen LogP) is 3.72. The zero-order valence-electron chi connectivity index (χ0n) is 17.8. The van der Waals surface area contributed by atoms with E-state index in [0.717, 1.165) is 25.7 Å². The van der Waals surface area contributed by atoms with Crippen molar-refractivity contribution in [2.75, 3.05) is 13.2 Å². The van der Waals surface area contributed by atoms with Crippen LogP contribution in [0.2, 0.25) is 0 Å². The van der Waals surface area contributed by atoms with Crippen molar-refractivity contribution in [3.8, 4) is 0 Å². The van der Waals surface area contributed by atoms with Crippen molar-refractivity contribution in [1.29, 1.82) is 0 Å². The van der Waals surface area contributed by atoms with Crippen LogP contribution in [0.1, 0.15) is 77.7 Å². The third-order valence-electron chi connectivity index (χ3n) is 10.4. The number of ether oxygens (including phenoxy) is 2. The Kier molecular flexibility index (Phi) is 3.91. The molecule has 1 saturated heterocycles. The van der Waals surface area contributed by atoms with Crippen LogP contribution >= 0.6 is 0 Å². The molecule has 6 nitrogen and oxygen atoms in total. The lowest BCUT2D eigenvalue weighted by Gasteiger charge is -2.64. The molecule has 0 radical (unpaired) electrons. The maximum absolute atomic E-state index is 12.2. The van der Waals surface area contributed by atoms with Crippen LogP contribution in [0.25, 0.3) is 0 Å². The Bertz CT molecular complexity index is 778. The molecule has 6 rings (SSSR count). The fourth-order valence-electron chi connectivity index (χ4n) is 8.73. The first-order chi connectivity index (χ1) is 13.9. The summed E-state index contributed by atoms with van der Waals surface area (Å²) in [6, 6.07) is 0.485. The van der Waals surface area contributed by atoms with Gasteiger partial charge in [0, 0.05) is 12.6 Å². The summed E-state index contributed by atoms with van der Waals surface area (Å²) in [4.78, 5) is 0. The third-order valence-corrected chi connectivity index (χ3v) is 10.4. The monoisotopic (exact) mass is 401 g/mol. The average Bonchev–Trinajstić information content (AvgIpc) is 3.45. The van der Waals surface area contributed by atoms with Gasteiger partial charge in [-0.2, -0.15) is 0 Å². The summed E-state index contributed by atoms with van der Waals surface area (Å²) in [5, 5.41) is 20.5. The van der Waals surface area contributed by atoms with Crippen LogP contribution in [-0.2, 0) is 9.47 Å². The van der Waals surface area contributed by atoms with Gasteiger partial charge >= 0.3 is 0 Å². The molecule has 1 aliphatic heterocycles. The molecule has 4 saturated carbocycles. The van der Waals surface area contributed by atoms with Gasteiger partial charge < -0.3 is 14.6 Å². The van der Waals surface area contributed by atoms with E-state index in [1.807, 2.05) is 6.20 Å². The predicted molar refractivity (Wildman–Crippen MR) is 107 cm³/mol. The molecule has 29 heavy (non-hydrogen) atoms. The van der Waals surface area contributed by atoms with Gasteiger partial charge in [-0.25, -0.2) is 4.68 Å². The first-order valence-electron chi connectivity index (χ1n) is 11.8. The Morgan fingerprint density at radius 2 is 1.79 bits per heavy atom. The van der Waals surface area contributed by atoms with Crippen molar-refractivity contribution in [1.82, 2.24) is 15.0 Å². The van der Waals surface area contributed by atoms with Gasteiger partial charge in [-0.15, -0.1) is 5.10 Å². The molecule has 0 amide bonds. The molecule has 6 heteroatoms. The van der Waals surface area contributed by atoms with E-state index in [9.17, 15) is 5.11 Å². The largest absolute Gasteiger partial charge is 0.389 e. The number of rotatable bonds is 1. The Hall–Kier alpha value is -0.980. The molecule has 1 N–H and O–H groups in total. The second kappa shape index (κ2) is 6.04. The Morgan fingerprint density at radius 3 is 2.55 bits per heavy atom. The number of fused-ring (bicyclic) bond motifs is 6. The average molecular weight is 402 g/mol. The molecule has 0 aromatic carbocycles. The van der Waals surface area contributed by atoms with Gasteiger partial charge in [-0.1, -0.05) is 19.1 Å². The summed E-state index contributed by atoms with van der Waals surface area (Å²) in [6.45, 7) is 6.13. The summed E-state index contributed by atoms with van der Waals surface area (Å²) in [5.41, 5.74) is -0.611. The normalized spacial score (nSPS) is 50.9. The van der Waals surface area contributed by atoms with E-state index in [1.54, 1.807) is 6.20 Å². The molecule has 160 valence electrons. The van der Waals surface area contributed by atoms with Gasteiger partial charge in [0.05, 0.1) is 36.5 Å². The molecule has 1 aromatic heterocycles. The third kappa shape index (κ3) is 2.23. The van der Waals surface area contributed by atoms with E-state index < -0.39 is 11.4 Å². The van der Waals surface area contributed by atoms with E-state index in [4.69, 9.17) is 9.47 Å². The zero-order chi connectivity index (χ0) is 19.9. The molecule has 1 spiro atoms. The van der Waals surface area contributed by atoms with Gasteiger partial charge in [0.2, 0.25) is 0 Å². The molecule has 5 aliphatic rings. The summed E-state index contributed by atoms with van der Waals surface area (Å²) < 4.78 is 14.5. The minimum absolute atomic E-state index is 0.279. The summed E-state index contributed by atoms with van der Waals surface area (Å²) in [7, 11) is 0. The number of nitrogens with zero attached hydrogens (tertiary/aromatic N) is 3. The van der Waals surface area contributed by atoms with Crippen molar-refractivity contribution in [2.45, 2.75) is 89.1 Å². The highest BCUT2D eigenvalue weighted by Crippen LogP contribution is 2.71. The summed E-state index contributed by atoms with van der Waals surface area (Å²) in [6.07, 6.45) is 13.7. The van der Waals surface area contributed by atoms with Gasteiger partial charge in [0.25, 0.3) is 0 Å². The standard InChI is InChI=1S/C23H35N3O3/c1-20-7-5-17(26-12-11-24-25-26)15-16(20)3-4-19-18(20)6-8-21(2)22(19,27)9-10-23(21)28-13-14-29-23/h11-12,16-19,27H,3-10,13-15H2,1-2H3/t16?,17-,18?,19+,20-,21-,22+/m0/s1. The SMILES string of the molecule is C[C@]12CC[C@H](n3ccnn3)CC1CC[C@@H]1C2CC[C@]2(C)C3(CC[C@@]12O)OCCO3. The van der Waals surface area contributed by atoms with Crippen LogP contribution in [0.4, 0.5) is 0 Å². The Labute approximate surface area is 173 Å². The van der Waals surface area contributed by atoms with Crippen molar-refractivity contribution in [3.05, 3.63) is 12.4 Å². The lowest BCUT2D eigenvalue weighted by Crippen LogP contribution is -2.65. The van der Waals surface area contributed by atoms with Gasteiger partial charge in [-0.05, 0) is 74.5 Å². The van der Waals surface area contributed by atoms with Crippen molar-refractivity contribution in [3.63, 3.8) is 0 Å². The lowest BCUT2D eigenvalue weighted by atomic mass is 9.43. The summed E-state index contributed by atoms with van der Waals surface area (Å²) >= 11 is 0. The first-order valence-corrected chi connectivity index (χ1v) is 11.8. The quantitative estimate of drug-likeness (QED) is 0.777. The Morgan fingerprint density at radius 1 is 0.966 bits per heavy atom. The second-order valence-electron chi connectivity index (χ2n) is 11.0. The first kappa shape index (κ1) is 18.8. The Balaban J connectivity index is 1.29. The molecule has 1 aromatic rings. The minimum Gasteiger partial charge on any atom is -0.389 e. The van der Waals surface area contributed by atoms with E-state index >= 15 is 0 Å². The highest BCUT2D eigenvalue weighted by molar-refractivity contribution is 5.20. The topological polar surface area (TPSA) is 69.4 Å². The highest BCUT2D eigenvalue weighted by atomic mass is 16.7. The van der Waals surface area contributed by atoms with Crippen molar-refractivity contribution >= 4 is 0 Å². The molecule has 2 heterocycles. The zero-order valence-corrected chi connectivity index (χ0v) is 17.8. The number of hydrogen-bond acceptors (Lipinski definition) is 5. The second-order valence-corrected chi connectivity index (χ2v) is 11.0. The fourth-order valence-corrected chi connectivity index (χ4v) is 8.73. The summed E-state index contributed by atoms with van der Waals surface area (Å²) in [5.74, 6) is 1.15. The molecule has 2 unspecified atom stereocenters. The van der Waals surface area contributed by atoms with Crippen LogP contribution in [-0.4, -0.2) is 44.7 Å². The smallest absolute Gasteiger partial charge is 0.176 e. The van der Waals surface area contributed by atoms with Crippen LogP contribution < -0.4 is 0 Å². The van der Waals surface area contributed by atoms with Crippen molar-refractivity contribution in [2.24, 2.45) is 28.6 Å². The maximum atomic E-state index is 12.2. The highest BCUT2D eigenvalue weighted by Gasteiger charge is 2.74. The van der Waals surface area contributed by atoms with Crippen LogP contribution in [0, 0.1) is 28.6 Å². The lowest BCUT2D eigenvalue weighted by molar-refractivity contribution is -0.289. The van der Waals surface area contributed by atoms with Gasteiger partial charge in [0.1, 0.15) is 0 Å². The van der Waals surface area contributed by atoms with E-state index in [2.05, 4.69) is 28.8 Å². The van der Waals surface area contributed by atoms with Gasteiger partial charge in [-0.3, -0.25) is 0 Å². The minimum atomic E-state index is -0.656. The van der Waals surface area contributed by atoms with E-state index in [0.29, 0.717) is 42.4 Å². The molecular weight excluding hydrogens is 366 g/mol. The fraction of sp³-hybridized carbons (Fsp3) is 0.913. The van der Waals surface area contributed by atoms with Crippen molar-refractivity contribution < 1.29 is 14.6 Å². The maximum Gasteiger partial charge on any atom is 0.176 e. The van der Waals surface area contributed by atoms with E-state index in [-0.39, 0.29) is 5.41 Å². The molecule has 5 fully saturated rings. The van der Waals surface area contributed by atoms with Crippen LogP contribution in [0.15, 0.2) is 12.4 Å². The number of hydrogen-bond donors (Lipinski definition) is 1. The number of aromatic nitrogens is 3. The number of aliphatic hydroxyl groups is 1. The molecule has 7 atom stereocenters. The van der Waals surface area contributed by atoms with Crippen LogP contribution in [0.5, 0.6) is 0 Å². The van der Waals surface area contributed by atoms with Crippen LogP contribution in [0.3, 0.4) is 0 Å².